The molecule has 0 bridgehead atoms. The number of hydrogen-bond acceptors (Lipinski definition) is 3. The topological polar surface area (TPSA) is 79.5 Å². The van der Waals surface area contributed by atoms with Crippen LogP contribution in [0.5, 0.6) is 0 Å². The Labute approximate surface area is 91.0 Å². The van der Waals surface area contributed by atoms with Crippen LogP contribution in [-0.2, 0) is 4.79 Å². The minimum Gasteiger partial charge on any atom is -0.481 e. The minimum absolute atomic E-state index is 0.0481. The van der Waals surface area contributed by atoms with Gasteiger partial charge in [0, 0.05) is 6.54 Å². The first-order valence-electron chi connectivity index (χ1n) is 4.27. The molecule has 0 radical (unpaired) electrons. The number of furan rings is 1. The lowest BCUT2D eigenvalue weighted by Gasteiger charge is -2.06. The van der Waals surface area contributed by atoms with Crippen LogP contribution in [0.15, 0.2) is 16.5 Å². The van der Waals surface area contributed by atoms with Crippen molar-refractivity contribution in [3.8, 4) is 0 Å². The fourth-order valence-electron chi connectivity index (χ4n) is 0.857. The maximum absolute atomic E-state index is 11.3. The van der Waals surface area contributed by atoms with Crippen molar-refractivity contribution in [2.45, 2.75) is 6.92 Å². The average Bonchev–Trinajstić information content (AvgIpc) is 2.60. The summed E-state index contributed by atoms with van der Waals surface area (Å²) in [5.74, 6) is -2.01. The molecule has 0 aromatic carbocycles. The Morgan fingerprint density at radius 3 is 2.73 bits per heavy atom. The van der Waals surface area contributed by atoms with Crippen LogP contribution in [0.3, 0.4) is 0 Å². The van der Waals surface area contributed by atoms with E-state index in [0.717, 1.165) is 0 Å². The summed E-state index contributed by atoms with van der Waals surface area (Å²) < 4.78 is 4.84. The van der Waals surface area contributed by atoms with Crippen molar-refractivity contribution in [3.63, 3.8) is 0 Å². The summed E-state index contributed by atoms with van der Waals surface area (Å²) in [4.78, 5) is 21.8. The van der Waals surface area contributed by atoms with Crippen molar-refractivity contribution in [3.05, 3.63) is 23.1 Å². The van der Waals surface area contributed by atoms with E-state index in [9.17, 15) is 9.59 Å². The molecule has 1 heterocycles. The van der Waals surface area contributed by atoms with Crippen LogP contribution in [0.25, 0.3) is 0 Å². The van der Waals surface area contributed by atoms with Gasteiger partial charge in [-0.1, -0.05) is 6.92 Å². The lowest BCUT2D eigenvalue weighted by molar-refractivity contribution is -0.140. The average molecular weight is 232 g/mol. The Hall–Kier alpha value is -1.49. The monoisotopic (exact) mass is 231 g/mol. The van der Waals surface area contributed by atoms with E-state index in [1.807, 2.05) is 0 Å². The molecule has 1 amide bonds. The van der Waals surface area contributed by atoms with Gasteiger partial charge >= 0.3 is 5.97 Å². The third-order valence-electron chi connectivity index (χ3n) is 1.79. The summed E-state index contributed by atoms with van der Waals surface area (Å²) in [6.07, 6.45) is 0. The molecule has 0 aliphatic rings. The van der Waals surface area contributed by atoms with Gasteiger partial charge in [0.2, 0.25) is 0 Å². The Morgan fingerprint density at radius 2 is 2.27 bits per heavy atom. The van der Waals surface area contributed by atoms with Crippen LogP contribution in [-0.4, -0.2) is 23.5 Å². The van der Waals surface area contributed by atoms with E-state index in [1.54, 1.807) is 0 Å². The van der Waals surface area contributed by atoms with Gasteiger partial charge < -0.3 is 14.8 Å². The summed E-state index contributed by atoms with van der Waals surface area (Å²) in [5, 5.41) is 11.1. The molecule has 0 fully saturated rings. The smallest absolute Gasteiger partial charge is 0.308 e. The van der Waals surface area contributed by atoms with Crippen LogP contribution in [0, 0.1) is 5.92 Å². The van der Waals surface area contributed by atoms with E-state index in [1.165, 1.54) is 19.1 Å². The normalized spacial score (nSPS) is 12.1. The Morgan fingerprint density at radius 1 is 1.60 bits per heavy atom. The number of carbonyl (C=O) groups is 2. The summed E-state index contributed by atoms with van der Waals surface area (Å²) >= 11 is 5.48. The molecule has 1 rings (SSSR count). The number of carboxylic acids is 1. The van der Waals surface area contributed by atoms with Crippen LogP contribution < -0.4 is 5.32 Å². The maximum atomic E-state index is 11.3. The molecule has 0 aliphatic heterocycles. The molecule has 5 nitrogen and oxygen atoms in total. The molecule has 1 unspecified atom stereocenters. The van der Waals surface area contributed by atoms with Crippen molar-refractivity contribution in [2.75, 3.05) is 6.54 Å². The van der Waals surface area contributed by atoms with Crippen LogP contribution in [0.1, 0.15) is 17.5 Å². The van der Waals surface area contributed by atoms with Gasteiger partial charge in [-0.3, -0.25) is 9.59 Å². The van der Waals surface area contributed by atoms with E-state index >= 15 is 0 Å². The van der Waals surface area contributed by atoms with Gasteiger partial charge in [0.25, 0.3) is 5.91 Å². The Balaban J connectivity index is 2.47. The highest BCUT2D eigenvalue weighted by molar-refractivity contribution is 6.29. The van der Waals surface area contributed by atoms with Crippen molar-refractivity contribution in [2.24, 2.45) is 5.92 Å². The first-order chi connectivity index (χ1) is 7.00. The number of aliphatic carboxylic acids is 1. The zero-order valence-corrected chi connectivity index (χ0v) is 8.75. The summed E-state index contributed by atoms with van der Waals surface area (Å²) in [6.45, 7) is 1.55. The first kappa shape index (κ1) is 11.6. The first-order valence-corrected chi connectivity index (χ1v) is 4.65. The van der Waals surface area contributed by atoms with Crippen LogP contribution >= 0.6 is 11.6 Å². The van der Waals surface area contributed by atoms with Crippen molar-refractivity contribution >= 4 is 23.5 Å². The highest BCUT2D eigenvalue weighted by atomic mass is 35.5. The van der Waals surface area contributed by atoms with E-state index < -0.39 is 17.8 Å². The largest absolute Gasteiger partial charge is 0.481 e. The molecule has 0 aliphatic carbocycles. The highest BCUT2D eigenvalue weighted by Crippen LogP contribution is 2.12. The van der Waals surface area contributed by atoms with E-state index in [2.05, 4.69) is 5.32 Å². The molecule has 15 heavy (non-hydrogen) atoms. The van der Waals surface area contributed by atoms with Crippen molar-refractivity contribution < 1.29 is 19.1 Å². The van der Waals surface area contributed by atoms with Gasteiger partial charge in [-0.2, -0.15) is 0 Å². The third-order valence-corrected chi connectivity index (χ3v) is 1.99. The number of amides is 1. The number of carbonyl (C=O) groups excluding carboxylic acids is 1. The second-order valence-electron chi connectivity index (χ2n) is 3.05. The van der Waals surface area contributed by atoms with E-state index in [4.69, 9.17) is 21.1 Å². The number of hydrogen-bond donors (Lipinski definition) is 2. The molecule has 1 aromatic rings. The standard InChI is InChI=1S/C9H10ClNO4/c1-5(9(13)14)4-11-8(12)6-2-3-7(10)15-6/h2-3,5H,4H2,1H3,(H,11,12)(H,13,14). The Bertz CT molecular complexity index is 374. The zero-order valence-electron chi connectivity index (χ0n) is 7.99. The molecule has 6 heteroatoms. The molecule has 0 saturated carbocycles. The van der Waals surface area contributed by atoms with E-state index in [-0.39, 0.29) is 17.5 Å². The molecule has 0 spiro atoms. The van der Waals surface area contributed by atoms with Gasteiger partial charge in [-0.25, -0.2) is 0 Å². The molecular weight excluding hydrogens is 222 g/mol. The molecular formula is C9H10ClNO4. The lowest BCUT2D eigenvalue weighted by Crippen LogP contribution is -2.31. The summed E-state index contributed by atoms with van der Waals surface area (Å²) in [6, 6.07) is 2.86. The third kappa shape index (κ3) is 3.28. The number of halogens is 1. The molecule has 1 aromatic heterocycles. The predicted molar refractivity (Wildman–Crippen MR) is 52.9 cm³/mol. The summed E-state index contributed by atoms with van der Waals surface area (Å²) in [5.41, 5.74) is 0. The van der Waals surface area contributed by atoms with Gasteiger partial charge in [0.1, 0.15) is 0 Å². The summed E-state index contributed by atoms with van der Waals surface area (Å²) in [7, 11) is 0. The predicted octanol–water partition coefficient (Wildman–Crippen LogP) is 1.38. The van der Waals surface area contributed by atoms with E-state index in [0.29, 0.717) is 0 Å². The fraction of sp³-hybridized carbons (Fsp3) is 0.333. The molecule has 2 N–H and O–H groups in total. The number of rotatable bonds is 4. The maximum Gasteiger partial charge on any atom is 0.308 e. The molecule has 1 atom stereocenters. The number of nitrogens with one attached hydrogen (secondary N) is 1. The van der Waals surface area contributed by atoms with Gasteiger partial charge in [0.15, 0.2) is 11.0 Å². The van der Waals surface area contributed by atoms with Crippen LogP contribution in [0.2, 0.25) is 5.22 Å². The van der Waals surface area contributed by atoms with Gasteiger partial charge in [-0.15, -0.1) is 0 Å². The Kier molecular flexibility index (Phi) is 3.74. The lowest BCUT2D eigenvalue weighted by atomic mass is 10.2. The van der Waals surface area contributed by atoms with Crippen molar-refractivity contribution in [1.82, 2.24) is 5.32 Å². The fourth-order valence-corrected chi connectivity index (χ4v) is 1.00. The molecule has 82 valence electrons. The van der Waals surface area contributed by atoms with Crippen molar-refractivity contribution in [1.29, 1.82) is 0 Å². The van der Waals surface area contributed by atoms with Gasteiger partial charge in [-0.05, 0) is 23.7 Å². The zero-order chi connectivity index (χ0) is 11.4. The minimum atomic E-state index is -0.965. The molecule has 0 saturated heterocycles. The highest BCUT2D eigenvalue weighted by Gasteiger charge is 2.14. The van der Waals surface area contributed by atoms with Gasteiger partial charge in [0.05, 0.1) is 5.92 Å². The SMILES string of the molecule is CC(CNC(=O)c1ccc(Cl)o1)C(=O)O. The second kappa shape index (κ2) is 4.84. The quantitative estimate of drug-likeness (QED) is 0.821. The second-order valence-corrected chi connectivity index (χ2v) is 3.43. The van der Waals surface area contributed by atoms with Crippen LogP contribution in [0.4, 0.5) is 0 Å². The number of carboxylic acid groups (broad SMARTS) is 1.